The maximum atomic E-state index is 13.2. The molecule has 1 spiro atoms. The number of nitrogens with zero attached hydrogens (tertiary/aromatic N) is 2. The van der Waals surface area contributed by atoms with E-state index in [1.54, 1.807) is 18.2 Å². The summed E-state index contributed by atoms with van der Waals surface area (Å²) >= 11 is 0. The Balaban J connectivity index is 1.16. The summed E-state index contributed by atoms with van der Waals surface area (Å²) in [5, 5.41) is 9.21. The first-order chi connectivity index (χ1) is 18.0. The van der Waals surface area contributed by atoms with Crippen molar-refractivity contribution in [3.05, 3.63) is 95.6 Å². The van der Waals surface area contributed by atoms with Gasteiger partial charge in [0.25, 0.3) is 5.91 Å². The fraction of sp³-hybridized carbons (Fsp3) is 0.355. The molecule has 0 saturated carbocycles. The standard InChI is InChI=1S/C31H34N2O4/c34-29(35)22-24-8-4-6-12-27(24)30(36)33-20-16-31(17-21-33)14-18-32(19-15-31)23-25-9-5-7-13-28(25)37-26-10-2-1-3-11-26/h1-13H,14-23H2,(H,34,35). The molecule has 0 radical (unpaired) electrons. The molecule has 0 bridgehead atoms. The Hall–Kier alpha value is -3.64. The first-order valence-corrected chi connectivity index (χ1v) is 13.1. The molecule has 5 rings (SSSR count). The molecule has 3 aromatic rings. The average molecular weight is 499 g/mol. The quantitative estimate of drug-likeness (QED) is 0.458. The number of carboxylic acid groups (broad SMARTS) is 1. The number of amides is 1. The van der Waals surface area contributed by atoms with Gasteiger partial charge in [-0.1, -0.05) is 54.6 Å². The fourth-order valence-electron chi connectivity index (χ4n) is 5.68. The van der Waals surface area contributed by atoms with Crippen LogP contribution in [-0.4, -0.2) is 53.0 Å². The summed E-state index contributed by atoms with van der Waals surface area (Å²) in [5.74, 6) is 0.793. The summed E-state index contributed by atoms with van der Waals surface area (Å²) in [6, 6.07) is 25.3. The van der Waals surface area contributed by atoms with Crippen LogP contribution in [0.15, 0.2) is 78.9 Å². The lowest BCUT2D eigenvalue weighted by Gasteiger charge is -2.47. The summed E-state index contributed by atoms with van der Waals surface area (Å²) in [7, 11) is 0. The number of hydrogen-bond acceptors (Lipinski definition) is 4. The minimum Gasteiger partial charge on any atom is -0.481 e. The Morgan fingerprint density at radius 2 is 1.35 bits per heavy atom. The Labute approximate surface area is 218 Å². The van der Waals surface area contributed by atoms with Crippen LogP contribution in [0.4, 0.5) is 0 Å². The van der Waals surface area contributed by atoms with Crippen molar-refractivity contribution >= 4 is 11.9 Å². The van der Waals surface area contributed by atoms with E-state index < -0.39 is 5.97 Å². The second-order valence-corrected chi connectivity index (χ2v) is 10.3. The summed E-state index contributed by atoms with van der Waals surface area (Å²) < 4.78 is 6.16. The molecule has 2 aliphatic heterocycles. The van der Waals surface area contributed by atoms with Gasteiger partial charge in [-0.15, -0.1) is 0 Å². The third kappa shape index (κ3) is 6.03. The molecule has 6 heteroatoms. The molecular formula is C31H34N2O4. The largest absolute Gasteiger partial charge is 0.481 e. The smallest absolute Gasteiger partial charge is 0.307 e. The minimum absolute atomic E-state index is 0.0424. The van der Waals surface area contributed by atoms with E-state index in [9.17, 15) is 14.7 Å². The van der Waals surface area contributed by atoms with Crippen molar-refractivity contribution < 1.29 is 19.4 Å². The lowest BCUT2D eigenvalue weighted by atomic mass is 9.71. The van der Waals surface area contributed by atoms with Gasteiger partial charge in [0.15, 0.2) is 0 Å². The van der Waals surface area contributed by atoms with Crippen LogP contribution in [0.3, 0.4) is 0 Å². The first kappa shape index (κ1) is 25.0. The molecule has 192 valence electrons. The Morgan fingerprint density at radius 3 is 2.05 bits per heavy atom. The molecule has 2 saturated heterocycles. The number of para-hydroxylation sites is 2. The molecule has 0 atom stereocenters. The van der Waals surface area contributed by atoms with Crippen molar-refractivity contribution in [3.63, 3.8) is 0 Å². The highest BCUT2D eigenvalue weighted by Gasteiger charge is 2.39. The zero-order chi connectivity index (χ0) is 25.7. The molecule has 1 amide bonds. The van der Waals surface area contributed by atoms with Crippen LogP contribution in [0.25, 0.3) is 0 Å². The van der Waals surface area contributed by atoms with Gasteiger partial charge in [-0.2, -0.15) is 0 Å². The number of piperidine rings is 2. The number of ether oxygens (including phenoxy) is 1. The van der Waals surface area contributed by atoms with Crippen molar-refractivity contribution in [2.24, 2.45) is 5.41 Å². The van der Waals surface area contributed by atoms with Crippen LogP contribution in [0, 0.1) is 5.41 Å². The van der Waals surface area contributed by atoms with E-state index in [2.05, 4.69) is 17.0 Å². The van der Waals surface area contributed by atoms with Crippen molar-refractivity contribution in [3.8, 4) is 11.5 Å². The Morgan fingerprint density at radius 1 is 0.757 bits per heavy atom. The molecule has 3 aromatic carbocycles. The summed E-state index contributed by atoms with van der Waals surface area (Å²) in [6.07, 6.45) is 4.14. The van der Waals surface area contributed by atoms with E-state index in [1.807, 2.05) is 53.4 Å². The molecule has 0 aliphatic carbocycles. The van der Waals surface area contributed by atoms with E-state index in [4.69, 9.17) is 4.74 Å². The van der Waals surface area contributed by atoms with E-state index in [0.717, 1.165) is 69.9 Å². The lowest BCUT2D eigenvalue weighted by molar-refractivity contribution is -0.136. The zero-order valence-corrected chi connectivity index (χ0v) is 21.1. The Kier molecular flexibility index (Phi) is 7.56. The number of hydrogen-bond donors (Lipinski definition) is 1. The van der Waals surface area contributed by atoms with Crippen LogP contribution in [0.5, 0.6) is 11.5 Å². The highest BCUT2D eigenvalue weighted by Crippen LogP contribution is 2.42. The third-order valence-electron chi connectivity index (χ3n) is 7.96. The molecule has 37 heavy (non-hydrogen) atoms. The molecule has 0 unspecified atom stereocenters. The first-order valence-electron chi connectivity index (χ1n) is 13.1. The number of likely N-dealkylation sites (tertiary alicyclic amines) is 2. The highest BCUT2D eigenvalue weighted by molar-refractivity contribution is 5.96. The van der Waals surface area contributed by atoms with E-state index in [-0.39, 0.29) is 17.7 Å². The number of carboxylic acids is 1. The van der Waals surface area contributed by atoms with Crippen molar-refractivity contribution in [1.82, 2.24) is 9.80 Å². The van der Waals surface area contributed by atoms with Crippen molar-refractivity contribution in [2.75, 3.05) is 26.2 Å². The van der Waals surface area contributed by atoms with Crippen molar-refractivity contribution in [1.29, 1.82) is 0 Å². The monoisotopic (exact) mass is 498 g/mol. The fourth-order valence-corrected chi connectivity index (χ4v) is 5.68. The van der Waals surface area contributed by atoms with Crippen LogP contribution in [0.1, 0.15) is 47.2 Å². The second-order valence-electron chi connectivity index (χ2n) is 10.3. The third-order valence-corrected chi connectivity index (χ3v) is 7.96. The highest BCUT2D eigenvalue weighted by atomic mass is 16.5. The number of aliphatic carboxylic acids is 1. The SMILES string of the molecule is O=C(O)Cc1ccccc1C(=O)N1CCC2(CCN(Cc3ccccc3Oc3ccccc3)CC2)CC1. The average Bonchev–Trinajstić information content (AvgIpc) is 2.92. The maximum absolute atomic E-state index is 13.2. The van der Waals surface area contributed by atoms with Gasteiger partial charge in [-0.25, -0.2) is 0 Å². The van der Waals surface area contributed by atoms with Crippen LogP contribution >= 0.6 is 0 Å². The van der Waals surface area contributed by atoms with Crippen LogP contribution in [0.2, 0.25) is 0 Å². The van der Waals surface area contributed by atoms with Gasteiger partial charge in [0, 0.05) is 30.8 Å². The van der Waals surface area contributed by atoms with E-state index >= 15 is 0 Å². The molecule has 2 fully saturated rings. The van der Waals surface area contributed by atoms with Crippen molar-refractivity contribution in [2.45, 2.75) is 38.6 Å². The lowest BCUT2D eigenvalue weighted by Crippen LogP contribution is -2.48. The normalized spacial score (nSPS) is 17.5. The summed E-state index contributed by atoms with van der Waals surface area (Å²) in [4.78, 5) is 28.9. The predicted molar refractivity (Wildman–Crippen MR) is 143 cm³/mol. The van der Waals surface area contributed by atoms with Gasteiger partial charge < -0.3 is 14.7 Å². The van der Waals surface area contributed by atoms with Gasteiger partial charge in [-0.05, 0) is 74.0 Å². The molecular weight excluding hydrogens is 464 g/mol. The summed E-state index contributed by atoms with van der Waals surface area (Å²) in [5.41, 5.74) is 2.59. The molecule has 1 N–H and O–H groups in total. The number of rotatable bonds is 7. The maximum Gasteiger partial charge on any atom is 0.307 e. The van der Waals surface area contributed by atoms with E-state index in [1.165, 1.54) is 5.56 Å². The molecule has 2 heterocycles. The van der Waals surface area contributed by atoms with Gasteiger partial charge in [-0.3, -0.25) is 14.5 Å². The number of carbonyl (C=O) groups excluding carboxylic acids is 1. The topological polar surface area (TPSA) is 70.1 Å². The summed E-state index contributed by atoms with van der Waals surface area (Å²) in [6.45, 7) is 4.40. The van der Waals surface area contributed by atoms with Gasteiger partial charge in [0.05, 0.1) is 6.42 Å². The van der Waals surface area contributed by atoms with Gasteiger partial charge >= 0.3 is 5.97 Å². The van der Waals surface area contributed by atoms with Crippen LogP contribution in [-0.2, 0) is 17.8 Å². The number of carbonyl (C=O) groups is 2. The Bertz CT molecular complexity index is 1220. The van der Waals surface area contributed by atoms with Crippen LogP contribution < -0.4 is 4.74 Å². The second kappa shape index (κ2) is 11.2. The van der Waals surface area contributed by atoms with Gasteiger partial charge in [0.1, 0.15) is 11.5 Å². The van der Waals surface area contributed by atoms with Gasteiger partial charge in [0.2, 0.25) is 0 Å². The zero-order valence-electron chi connectivity index (χ0n) is 21.1. The van der Waals surface area contributed by atoms with E-state index in [0.29, 0.717) is 11.1 Å². The molecule has 0 aromatic heterocycles. The number of benzene rings is 3. The predicted octanol–water partition coefficient (Wildman–Crippen LogP) is 5.62. The molecule has 6 nitrogen and oxygen atoms in total. The molecule has 2 aliphatic rings. The minimum atomic E-state index is -0.918.